The molecule has 0 aromatic carbocycles. The summed E-state index contributed by atoms with van der Waals surface area (Å²) in [5.41, 5.74) is 0. The topological polar surface area (TPSA) is 23.5 Å². The van der Waals surface area contributed by atoms with Gasteiger partial charge in [-0.2, -0.15) is 0 Å². The van der Waals surface area contributed by atoms with Crippen molar-refractivity contribution in [3.8, 4) is 0 Å². The molecule has 1 N–H and O–H groups in total. The molecule has 12 heavy (non-hydrogen) atoms. The first-order valence-electron chi connectivity index (χ1n) is 5.09. The van der Waals surface area contributed by atoms with Crippen molar-refractivity contribution in [2.75, 3.05) is 13.1 Å². The molecule has 0 aromatic rings. The van der Waals surface area contributed by atoms with Gasteiger partial charge in [0.15, 0.2) is 0 Å². The number of aliphatic hydroxyl groups is 1. The highest BCUT2D eigenvalue weighted by Gasteiger charge is 2.17. The fourth-order valence-corrected chi connectivity index (χ4v) is 1.52. The molecule has 0 radical (unpaired) electrons. The maximum atomic E-state index is 9.61. The summed E-state index contributed by atoms with van der Waals surface area (Å²) < 4.78 is 0. The van der Waals surface area contributed by atoms with E-state index in [1.807, 2.05) is 6.92 Å². The molecule has 2 atom stereocenters. The van der Waals surface area contributed by atoms with E-state index in [0.29, 0.717) is 6.04 Å². The van der Waals surface area contributed by atoms with Crippen molar-refractivity contribution in [1.82, 2.24) is 4.90 Å². The largest absolute Gasteiger partial charge is 0.392 e. The van der Waals surface area contributed by atoms with E-state index >= 15 is 0 Å². The molecule has 2 heteroatoms. The van der Waals surface area contributed by atoms with Gasteiger partial charge in [-0.15, -0.1) is 0 Å². The third-order valence-electron chi connectivity index (χ3n) is 2.47. The van der Waals surface area contributed by atoms with Crippen LogP contribution in [0, 0.1) is 0 Å². The monoisotopic (exact) mass is 173 g/mol. The third kappa shape index (κ3) is 3.55. The van der Waals surface area contributed by atoms with Crippen molar-refractivity contribution in [3.05, 3.63) is 0 Å². The molecule has 0 aliphatic heterocycles. The summed E-state index contributed by atoms with van der Waals surface area (Å²) >= 11 is 0. The summed E-state index contributed by atoms with van der Waals surface area (Å²) in [5.74, 6) is 0. The van der Waals surface area contributed by atoms with Gasteiger partial charge in [0.25, 0.3) is 0 Å². The van der Waals surface area contributed by atoms with Gasteiger partial charge in [-0.25, -0.2) is 0 Å². The maximum absolute atomic E-state index is 9.61. The Labute approximate surface area is 76.6 Å². The molecule has 0 spiro atoms. The summed E-state index contributed by atoms with van der Waals surface area (Å²) in [6.07, 6.45) is 1.84. The number of nitrogens with zero attached hydrogens (tertiary/aromatic N) is 1. The molecule has 0 bridgehead atoms. The Morgan fingerprint density at radius 3 is 2.17 bits per heavy atom. The summed E-state index contributed by atoms with van der Waals surface area (Å²) in [6, 6.07) is 0.306. The predicted molar refractivity (Wildman–Crippen MR) is 53.3 cm³/mol. The van der Waals surface area contributed by atoms with Crippen LogP contribution in [0.4, 0.5) is 0 Å². The molecule has 0 aromatic heterocycles. The molecular weight excluding hydrogens is 150 g/mol. The van der Waals surface area contributed by atoms with Crippen LogP contribution < -0.4 is 0 Å². The molecule has 0 saturated carbocycles. The minimum absolute atomic E-state index is 0.170. The average Bonchev–Trinajstić information content (AvgIpc) is 2.11. The van der Waals surface area contributed by atoms with Crippen LogP contribution in [0.15, 0.2) is 0 Å². The first-order valence-corrected chi connectivity index (χ1v) is 5.09. The van der Waals surface area contributed by atoms with Gasteiger partial charge in [0.05, 0.1) is 6.10 Å². The predicted octanol–water partition coefficient (Wildman–Crippen LogP) is 1.88. The minimum Gasteiger partial charge on any atom is -0.392 e. The normalized spacial score (nSPS) is 16.5. The summed E-state index contributed by atoms with van der Waals surface area (Å²) in [4.78, 5) is 2.33. The molecule has 0 aliphatic rings. The standard InChI is InChI=1S/C10H23NO/c1-5-8-11(7-3)9(4)10(12)6-2/h9-10,12H,5-8H2,1-4H3. The number of likely N-dealkylation sites (N-methyl/N-ethyl adjacent to an activating group) is 1. The second-order valence-corrected chi connectivity index (χ2v) is 3.34. The lowest BCUT2D eigenvalue weighted by atomic mass is 10.1. The van der Waals surface area contributed by atoms with Crippen LogP contribution in [0.25, 0.3) is 0 Å². The van der Waals surface area contributed by atoms with Crippen molar-refractivity contribution in [1.29, 1.82) is 0 Å². The lowest BCUT2D eigenvalue weighted by Gasteiger charge is -2.30. The average molecular weight is 173 g/mol. The van der Waals surface area contributed by atoms with Crippen LogP contribution in [0.2, 0.25) is 0 Å². The van der Waals surface area contributed by atoms with Gasteiger partial charge in [-0.05, 0) is 32.9 Å². The third-order valence-corrected chi connectivity index (χ3v) is 2.47. The SMILES string of the molecule is CCCN(CC)C(C)C(O)CC. The smallest absolute Gasteiger partial charge is 0.0690 e. The molecule has 0 aliphatic carbocycles. The summed E-state index contributed by atoms with van der Waals surface area (Å²) in [5, 5.41) is 9.61. The maximum Gasteiger partial charge on any atom is 0.0690 e. The zero-order valence-electron chi connectivity index (χ0n) is 8.88. The van der Waals surface area contributed by atoms with Crippen molar-refractivity contribution in [2.45, 2.75) is 52.7 Å². The van der Waals surface area contributed by atoms with Gasteiger partial charge in [0.1, 0.15) is 0 Å². The van der Waals surface area contributed by atoms with Crippen molar-refractivity contribution < 1.29 is 5.11 Å². The van der Waals surface area contributed by atoms with Gasteiger partial charge < -0.3 is 5.11 Å². The number of hydrogen-bond acceptors (Lipinski definition) is 2. The molecule has 2 unspecified atom stereocenters. The summed E-state index contributed by atoms with van der Waals surface area (Å²) in [7, 11) is 0. The zero-order valence-corrected chi connectivity index (χ0v) is 8.88. The van der Waals surface area contributed by atoms with Crippen LogP contribution in [0.1, 0.15) is 40.5 Å². The fourth-order valence-electron chi connectivity index (χ4n) is 1.52. The zero-order chi connectivity index (χ0) is 9.56. The summed E-state index contributed by atoms with van der Waals surface area (Å²) in [6.45, 7) is 10.6. The highest BCUT2D eigenvalue weighted by molar-refractivity contribution is 4.72. The second kappa shape index (κ2) is 6.44. The van der Waals surface area contributed by atoms with E-state index < -0.39 is 0 Å². The first kappa shape index (κ1) is 11.9. The van der Waals surface area contributed by atoms with Crippen LogP contribution in [-0.4, -0.2) is 35.2 Å². The Balaban J connectivity index is 3.91. The second-order valence-electron chi connectivity index (χ2n) is 3.34. The lowest BCUT2D eigenvalue weighted by Crippen LogP contribution is -2.41. The Morgan fingerprint density at radius 2 is 1.83 bits per heavy atom. The van der Waals surface area contributed by atoms with E-state index in [1.54, 1.807) is 0 Å². The van der Waals surface area contributed by atoms with E-state index in [1.165, 1.54) is 0 Å². The van der Waals surface area contributed by atoms with E-state index in [4.69, 9.17) is 0 Å². The van der Waals surface area contributed by atoms with Gasteiger partial charge in [0.2, 0.25) is 0 Å². The van der Waals surface area contributed by atoms with E-state index in [2.05, 4.69) is 25.7 Å². The Hall–Kier alpha value is -0.0800. The molecule has 0 heterocycles. The first-order chi connectivity index (χ1) is 5.67. The fraction of sp³-hybridized carbons (Fsp3) is 1.00. The molecule has 0 saturated heterocycles. The Bertz CT molecular complexity index is 106. The molecular formula is C10H23NO. The van der Waals surface area contributed by atoms with E-state index in [-0.39, 0.29) is 6.10 Å². The highest BCUT2D eigenvalue weighted by Crippen LogP contribution is 2.07. The van der Waals surface area contributed by atoms with Crippen molar-refractivity contribution in [2.24, 2.45) is 0 Å². The van der Waals surface area contributed by atoms with E-state index in [9.17, 15) is 5.11 Å². The minimum atomic E-state index is -0.170. The van der Waals surface area contributed by atoms with Gasteiger partial charge in [-0.1, -0.05) is 20.8 Å². The van der Waals surface area contributed by atoms with Gasteiger partial charge >= 0.3 is 0 Å². The molecule has 0 rings (SSSR count). The molecule has 0 fully saturated rings. The number of aliphatic hydroxyl groups excluding tert-OH is 1. The number of hydrogen-bond donors (Lipinski definition) is 1. The molecule has 74 valence electrons. The van der Waals surface area contributed by atoms with Crippen LogP contribution in [0.5, 0.6) is 0 Å². The lowest BCUT2D eigenvalue weighted by molar-refractivity contribution is 0.0588. The van der Waals surface area contributed by atoms with Gasteiger partial charge in [-0.3, -0.25) is 4.90 Å². The van der Waals surface area contributed by atoms with Gasteiger partial charge in [0, 0.05) is 6.04 Å². The van der Waals surface area contributed by atoms with Crippen molar-refractivity contribution >= 4 is 0 Å². The quantitative estimate of drug-likeness (QED) is 0.663. The molecule has 2 nitrogen and oxygen atoms in total. The highest BCUT2D eigenvalue weighted by atomic mass is 16.3. The Kier molecular flexibility index (Phi) is 6.39. The Morgan fingerprint density at radius 1 is 1.25 bits per heavy atom. The molecule has 0 amide bonds. The number of rotatable bonds is 6. The van der Waals surface area contributed by atoms with Crippen LogP contribution >= 0.6 is 0 Å². The van der Waals surface area contributed by atoms with Crippen LogP contribution in [0.3, 0.4) is 0 Å². The van der Waals surface area contributed by atoms with Crippen LogP contribution in [-0.2, 0) is 0 Å². The van der Waals surface area contributed by atoms with Crippen molar-refractivity contribution in [3.63, 3.8) is 0 Å². The van der Waals surface area contributed by atoms with E-state index in [0.717, 1.165) is 25.9 Å².